The maximum absolute atomic E-state index is 11.6. The molecule has 2 atom stereocenters. The lowest BCUT2D eigenvalue weighted by atomic mass is 9.86. The molecule has 0 aromatic heterocycles. The molecule has 0 fully saturated rings. The van der Waals surface area contributed by atoms with Gasteiger partial charge in [0.2, 0.25) is 0 Å². The molecule has 3 rings (SSSR count). The quantitative estimate of drug-likeness (QED) is 0.752. The highest BCUT2D eigenvalue weighted by Gasteiger charge is 2.32. The van der Waals surface area contributed by atoms with Crippen LogP contribution in [0.3, 0.4) is 0 Å². The van der Waals surface area contributed by atoms with E-state index in [1.807, 2.05) is 12.1 Å². The number of rotatable bonds is 1. The summed E-state index contributed by atoms with van der Waals surface area (Å²) in [6, 6.07) is 8.62. The summed E-state index contributed by atoms with van der Waals surface area (Å²) < 4.78 is 4.82. The van der Waals surface area contributed by atoms with Gasteiger partial charge in [0.25, 0.3) is 0 Å². The Bertz CT molecular complexity index is 493. The minimum Gasteiger partial charge on any atom is -0.469 e. The zero-order chi connectivity index (χ0) is 11.8. The largest absolute Gasteiger partial charge is 0.469 e. The third-order valence-corrected chi connectivity index (χ3v) is 3.59. The second-order valence-electron chi connectivity index (χ2n) is 4.57. The van der Waals surface area contributed by atoms with E-state index in [0.717, 1.165) is 12.8 Å². The summed E-state index contributed by atoms with van der Waals surface area (Å²) in [7, 11) is 1.45. The Balaban J connectivity index is 1.98. The van der Waals surface area contributed by atoms with Gasteiger partial charge in [0.05, 0.1) is 19.1 Å². The fourth-order valence-corrected chi connectivity index (χ4v) is 2.73. The highest BCUT2D eigenvalue weighted by Crippen LogP contribution is 2.41. The van der Waals surface area contributed by atoms with Gasteiger partial charge in [0, 0.05) is 11.3 Å². The molecular weight excluding hydrogens is 214 g/mol. The molecule has 1 heterocycles. The van der Waals surface area contributed by atoms with Crippen LogP contribution in [0.2, 0.25) is 0 Å². The molecule has 2 unspecified atom stereocenters. The predicted octanol–water partition coefficient (Wildman–Crippen LogP) is 2.45. The Morgan fingerprint density at radius 2 is 2.18 bits per heavy atom. The second kappa shape index (κ2) is 3.91. The van der Waals surface area contributed by atoms with Crippen LogP contribution in [0, 0.1) is 5.92 Å². The molecule has 0 spiro atoms. The molecule has 0 saturated carbocycles. The van der Waals surface area contributed by atoms with E-state index >= 15 is 0 Å². The van der Waals surface area contributed by atoms with Crippen molar-refractivity contribution >= 4 is 17.2 Å². The number of hydrogen-bond donors (Lipinski definition) is 1. The molecule has 3 heteroatoms. The molecule has 0 bridgehead atoms. The summed E-state index contributed by atoms with van der Waals surface area (Å²) in [5.74, 6) is -0.209. The number of hydrogen-bond acceptors (Lipinski definition) is 3. The summed E-state index contributed by atoms with van der Waals surface area (Å²) in [6.45, 7) is 0. The minimum absolute atomic E-state index is 0.0841. The summed E-state index contributed by atoms with van der Waals surface area (Å²) >= 11 is 0. The van der Waals surface area contributed by atoms with Crippen LogP contribution in [-0.4, -0.2) is 19.1 Å². The molecule has 17 heavy (non-hydrogen) atoms. The minimum atomic E-state index is -0.125. The third-order valence-electron chi connectivity index (χ3n) is 3.59. The second-order valence-corrected chi connectivity index (χ2v) is 4.57. The van der Waals surface area contributed by atoms with Crippen molar-refractivity contribution < 1.29 is 9.53 Å². The molecule has 3 nitrogen and oxygen atoms in total. The van der Waals surface area contributed by atoms with Gasteiger partial charge in [0.1, 0.15) is 0 Å². The van der Waals surface area contributed by atoms with Crippen LogP contribution >= 0.6 is 0 Å². The van der Waals surface area contributed by atoms with E-state index in [0.29, 0.717) is 6.04 Å². The van der Waals surface area contributed by atoms with Gasteiger partial charge in [-0.25, -0.2) is 0 Å². The Morgan fingerprint density at radius 3 is 3.00 bits per heavy atom. The Hall–Kier alpha value is -1.77. The van der Waals surface area contributed by atoms with Crippen LogP contribution < -0.4 is 5.32 Å². The lowest BCUT2D eigenvalue weighted by Gasteiger charge is -2.23. The maximum atomic E-state index is 11.6. The van der Waals surface area contributed by atoms with Gasteiger partial charge in [-0.05, 0) is 24.5 Å². The average Bonchev–Trinajstić information content (AvgIpc) is 2.75. The number of methoxy groups -OCH3 is 1. The SMILES string of the molecule is COC(=O)C1C=C2c3ccccc3NC2CC1. The number of anilines is 1. The van der Waals surface area contributed by atoms with Crippen LogP contribution in [0.15, 0.2) is 30.3 Å². The van der Waals surface area contributed by atoms with E-state index < -0.39 is 0 Å². The summed E-state index contributed by atoms with van der Waals surface area (Å²) in [5.41, 5.74) is 3.66. The van der Waals surface area contributed by atoms with Crippen molar-refractivity contribution in [3.8, 4) is 0 Å². The Morgan fingerprint density at radius 1 is 1.35 bits per heavy atom. The number of esters is 1. The molecular formula is C14H15NO2. The first kappa shape index (κ1) is 10.4. The number of ether oxygens (including phenoxy) is 1. The van der Waals surface area contributed by atoms with Gasteiger partial charge in [0.15, 0.2) is 0 Å². The predicted molar refractivity (Wildman–Crippen MR) is 66.6 cm³/mol. The highest BCUT2D eigenvalue weighted by atomic mass is 16.5. The molecule has 1 aliphatic heterocycles. The zero-order valence-electron chi connectivity index (χ0n) is 9.77. The van der Waals surface area contributed by atoms with Gasteiger partial charge in [-0.15, -0.1) is 0 Å². The van der Waals surface area contributed by atoms with Crippen LogP contribution in [0.25, 0.3) is 5.57 Å². The number of carbonyl (C=O) groups excluding carboxylic acids is 1. The van der Waals surface area contributed by atoms with Crippen molar-refractivity contribution in [1.29, 1.82) is 0 Å². The molecule has 0 amide bonds. The van der Waals surface area contributed by atoms with E-state index in [-0.39, 0.29) is 11.9 Å². The van der Waals surface area contributed by atoms with E-state index in [1.54, 1.807) is 0 Å². The fraction of sp³-hybridized carbons (Fsp3) is 0.357. The molecule has 1 aromatic carbocycles. The normalized spacial score (nSPS) is 25.4. The summed E-state index contributed by atoms with van der Waals surface area (Å²) in [6.07, 6.45) is 3.92. The van der Waals surface area contributed by atoms with Crippen molar-refractivity contribution in [3.63, 3.8) is 0 Å². The molecule has 2 aliphatic rings. The first-order chi connectivity index (χ1) is 8.29. The molecule has 88 valence electrons. The third kappa shape index (κ3) is 1.62. The topological polar surface area (TPSA) is 38.3 Å². The lowest BCUT2D eigenvalue weighted by Crippen LogP contribution is -2.25. The average molecular weight is 229 g/mol. The molecule has 1 aromatic rings. The number of nitrogens with one attached hydrogen (secondary N) is 1. The van der Waals surface area contributed by atoms with E-state index in [1.165, 1.54) is 23.9 Å². The number of benzene rings is 1. The molecule has 0 saturated heterocycles. The number of para-hydroxylation sites is 1. The first-order valence-electron chi connectivity index (χ1n) is 5.95. The Kier molecular flexibility index (Phi) is 2.39. The smallest absolute Gasteiger partial charge is 0.312 e. The zero-order valence-corrected chi connectivity index (χ0v) is 9.77. The standard InChI is InChI=1S/C14H15NO2/c1-17-14(16)9-6-7-13-11(8-9)10-4-2-3-5-12(10)15-13/h2-5,8-9,13,15H,6-7H2,1H3. The maximum Gasteiger partial charge on any atom is 0.312 e. The Labute approximate surface area is 100 Å². The van der Waals surface area contributed by atoms with Gasteiger partial charge in [-0.3, -0.25) is 4.79 Å². The van der Waals surface area contributed by atoms with E-state index in [4.69, 9.17) is 4.74 Å². The van der Waals surface area contributed by atoms with Crippen LogP contribution in [0.1, 0.15) is 18.4 Å². The van der Waals surface area contributed by atoms with Gasteiger partial charge >= 0.3 is 5.97 Å². The van der Waals surface area contributed by atoms with Crippen molar-refractivity contribution in [2.45, 2.75) is 18.9 Å². The summed E-state index contributed by atoms with van der Waals surface area (Å²) in [5, 5.41) is 3.49. The highest BCUT2D eigenvalue weighted by molar-refractivity contribution is 5.89. The van der Waals surface area contributed by atoms with Gasteiger partial charge in [-0.2, -0.15) is 0 Å². The number of fused-ring (bicyclic) bond motifs is 3. The molecule has 1 aliphatic carbocycles. The molecule has 1 N–H and O–H groups in total. The van der Waals surface area contributed by atoms with Gasteiger partial charge < -0.3 is 10.1 Å². The van der Waals surface area contributed by atoms with E-state index in [9.17, 15) is 4.79 Å². The number of carbonyl (C=O) groups is 1. The van der Waals surface area contributed by atoms with Crippen molar-refractivity contribution in [1.82, 2.24) is 0 Å². The first-order valence-corrected chi connectivity index (χ1v) is 5.95. The van der Waals surface area contributed by atoms with Crippen LogP contribution in [0.4, 0.5) is 5.69 Å². The van der Waals surface area contributed by atoms with Crippen molar-refractivity contribution in [2.24, 2.45) is 5.92 Å². The lowest BCUT2D eigenvalue weighted by molar-refractivity contribution is -0.144. The monoisotopic (exact) mass is 229 g/mol. The van der Waals surface area contributed by atoms with Crippen LogP contribution in [0.5, 0.6) is 0 Å². The molecule has 0 radical (unpaired) electrons. The summed E-state index contributed by atoms with van der Waals surface area (Å²) in [4.78, 5) is 11.6. The van der Waals surface area contributed by atoms with E-state index in [2.05, 4.69) is 23.5 Å². The fourth-order valence-electron chi connectivity index (χ4n) is 2.73. The van der Waals surface area contributed by atoms with Crippen molar-refractivity contribution in [3.05, 3.63) is 35.9 Å². The van der Waals surface area contributed by atoms with Crippen molar-refractivity contribution in [2.75, 3.05) is 12.4 Å². The van der Waals surface area contributed by atoms with Gasteiger partial charge in [-0.1, -0.05) is 24.3 Å². The van der Waals surface area contributed by atoms with Crippen LogP contribution in [-0.2, 0) is 9.53 Å².